The largest absolute Gasteiger partial charge is 0.490 e. The number of nitriles is 1. The van der Waals surface area contributed by atoms with E-state index < -0.39 is 5.91 Å². The van der Waals surface area contributed by atoms with Crippen LogP contribution < -0.4 is 14.8 Å². The van der Waals surface area contributed by atoms with Gasteiger partial charge in [0.1, 0.15) is 11.6 Å². The number of aromatic nitrogens is 2. The number of rotatable bonds is 7. The lowest BCUT2D eigenvalue weighted by atomic mass is 10.1. The van der Waals surface area contributed by atoms with Crippen molar-refractivity contribution in [2.75, 3.05) is 19.8 Å². The van der Waals surface area contributed by atoms with Crippen LogP contribution in [-0.4, -0.2) is 35.4 Å². The van der Waals surface area contributed by atoms with E-state index in [0.717, 1.165) is 17.5 Å². The minimum atomic E-state index is -0.460. The zero-order valence-corrected chi connectivity index (χ0v) is 18.2. The van der Waals surface area contributed by atoms with Gasteiger partial charge >= 0.3 is 0 Å². The van der Waals surface area contributed by atoms with Crippen molar-refractivity contribution in [3.63, 3.8) is 0 Å². The molecule has 1 aliphatic rings. The average Bonchev–Trinajstić information content (AvgIpc) is 3.08. The molecule has 1 N–H and O–H groups in total. The van der Waals surface area contributed by atoms with Crippen molar-refractivity contribution in [2.24, 2.45) is 0 Å². The Kier molecular flexibility index (Phi) is 6.86. The van der Waals surface area contributed by atoms with E-state index in [2.05, 4.69) is 11.9 Å². The molecule has 0 bridgehead atoms. The summed E-state index contributed by atoms with van der Waals surface area (Å²) in [6, 6.07) is 17.6. The van der Waals surface area contributed by atoms with E-state index in [1.165, 1.54) is 0 Å². The van der Waals surface area contributed by atoms with Crippen molar-refractivity contribution < 1.29 is 14.3 Å². The molecule has 7 heteroatoms. The third kappa shape index (κ3) is 5.31. The van der Waals surface area contributed by atoms with Gasteiger partial charge in [0.15, 0.2) is 11.5 Å². The molecule has 0 saturated carbocycles. The summed E-state index contributed by atoms with van der Waals surface area (Å²) >= 11 is 0. The quantitative estimate of drug-likeness (QED) is 0.341. The molecule has 166 valence electrons. The van der Waals surface area contributed by atoms with E-state index >= 15 is 0 Å². The van der Waals surface area contributed by atoms with E-state index in [-0.39, 0.29) is 12.1 Å². The van der Waals surface area contributed by atoms with Gasteiger partial charge in [0, 0.05) is 30.3 Å². The van der Waals surface area contributed by atoms with Crippen molar-refractivity contribution in [1.29, 1.82) is 5.26 Å². The van der Waals surface area contributed by atoms with Crippen LogP contribution in [0, 0.1) is 11.3 Å². The average molecular weight is 441 g/mol. The third-order valence-electron chi connectivity index (χ3n) is 5.07. The zero-order chi connectivity index (χ0) is 23.0. The van der Waals surface area contributed by atoms with Crippen molar-refractivity contribution in [2.45, 2.75) is 13.0 Å². The lowest BCUT2D eigenvalue weighted by molar-refractivity contribution is -0.116. The Labute approximate surface area is 192 Å². The fraction of sp³-hybridized carbons (Fsp3) is 0.192. The summed E-state index contributed by atoms with van der Waals surface area (Å²) in [6.07, 6.45) is 5.78. The van der Waals surface area contributed by atoms with Crippen LogP contribution in [0.25, 0.3) is 17.3 Å². The van der Waals surface area contributed by atoms with Gasteiger partial charge in [0.25, 0.3) is 5.91 Å². The SMILES string of the molecule is C=CCNC(=O)/C(C#N)=C/c1cn(Cc2ccccc2)nc1-c1ccc2c(c1)OCCCO2. The second kappa shape index (κ2) is 10.3. The topological polar surface area (TPSA) is 89.2 Å². The zero-order valence-electron chi connectivity index (χ0n) is 18.2. The number of hydrogen-bond acceptors (Lipinski definition) is 5. The molecule has 0 unspecified atom stereocenters. The monoisotopic (exact) mass is 440 g/mol. The molecular formula is C26H24N4O3. The van der Waals surface area contributed by atoms with Crippen LogP contribution in [0.4, 0.5) is 0 Å². The van der Waals surface area contributed by atoms with Gasteiger partial charge in [0.05, 0.1) is 25.5 Å². The van der Waals surface area contributed by atoms with Crippen LogP contribution in [0.1, 0.15) is 17.5 Å². The highest BCUT2D eigenvalue weighted by Crippen LogP contribution is 2.35. The molecule has 0 aliphatic carbocycles. The summed E-state index contributed by atoms with van der Waals surface area (Å²) in [4.78, 5) is 12.4. The minimum absolute atomic E-state index is 0.00768. The molecule has 0 saturated heterocycles. The lowest BCUT2D eigenvalue weighted by Crippen LogP contribution is -2.24. The second-order valence-electron chi connectivity index (χ2n) is 7.50. The maximum absolute atomic E-state index is 12.4. The molecule has 0 radical (unpaired) electrons. The number of carbonyl (C=O) groups is 1. The highest BCUT2D eigenvalue weighted by Gasteiger charge is 2.17. The lowest BCUT2D eigenvalue weighted by Gasteiger charge is -2.09. The predicted molar refractivity (Wildman–Crippen MR) is 126 cm³/mol. The van der Waals surface area contributed by atoms with E-state index in [0.29, 0.717) is 42.5 Å². The van der Waals surface area contributed by atoms with Gasteiger partial charge in [-0.05, 0) is 29.8 Å². The highest BCUT2D eigenvalue weighted by molar-refractivity contribution is 6.02. The van der Waals surface area contributed by atoms with E-state index in [9.17, 15) is 10.1 Å². The van der Waals surface area contributed by atoms with E-state index in [1.54, 1.807) is 16.8 Å². The molecule has 2 aromatic carbocycles. The first kappa shape index (κ1) is 21.9. The molecular weight excluding hydrogens is 416 g/mol. The number of fused-ring (bicyclic) bond motifs is 1. The number of ether oxygens (including phenoxy) is 2. The highest BCUT2D eigenvalue weighted by atomic mass is 16.5. The Bertz CT molecular complexity index is 1220. The summed E-state index contributed by atoms with van der Waals surface area (Å²) in [5.41, 5.74) is 3.19. The first-order valence-corrected chi connectivity index (χ1v) is 10.7. The molecule has 1 aromatic heterocycles. The molecule has 1 aliphatic heterocycles. The fourth-order valence-corrected chi connectivity index (χ4v) is 3.49. The van der Waals surface area contributed by atoms with Crippen molar-refractivity contribution in [1.82, 2.24) is 15.1 Å². The van der Waals surface area contributed by atoms with Gasteiger partial charge in [-0.15, -0.1) is 6.58 Å². The Morgan fingerprint density at radius 1 is 1.18 bits per heavy atom. The maximum atomic E-state index is 12.4. The molecule has 0 fully saturated rings. The second-order valence-corrected chi connectivity index (χ2v) is 7.50. The van der Waals surface area contributed by atoms with Gasteiger partial charge in [-0.2, -0.15) is 10.4 Å². The molecule has 1 amide bonds. The smallest absolute Gasteiger partial charge is 0.262 e. The first-order chi connectivity index (χ1) is 16.2. The standard InChI is InChI=1S/C26H24N4O3/c1-2-11-28-26(31)21(16-27)14-22-18-30(17-19-7-4-3-5-8-19)29-25(22)20-9-10-23-24(15-20)33-13-6-12-32-23/h2-5,7-10,14-15,18H,1,6,11-13,17H2,(H,28,31)/b21-14+. The fourth-order valence-electron chi connectivity index (χ4n) is 3.49. The van der Waals surface area contributed by atoms with E-state index in [4.69, 9.17) is 14.6 Å². The molecule has 33 heavy (non-hydrogen) atoms. The Hall–Kier alpha value is -4.31. The number of benzene rings is 2. The number of nitrogens with one attached hydrogen (secondary N) is 1. The van der Waals surface area contributed by atoms with Gasteiger partial charge in [-0.25, -0.2) is 0 Å². The summed E-state index contributed by atoms with van der Waals surface area (Å²) in [6.45, 7) is 5.60. The maximum Gasteiger partial charge on any atom is 0.262 e. The number of amides is 1. The minimum Gasteiger partial charge on any atom is -0.490 e. The van der Waals surface area contributed by atoms with Gasteiger partial charge in [-0.1, -0.05) is 36.4 Å². The third-order valence-corrected chi connectivity index (χ3v) is 5.07. The van der Waals surface area contributed by atoms with Gasteiger partial charge in [0.2, 0.25) is 0 Å². The number of nitrogens with zero attached hydrogens (tertiary/aromatic N) is 3. The molecule has 4 rings (SSSR count). The Morgan fingerprint density at radius 3 is 2.73 bits per heavy atom. The van der Waals surface area contributed by atoms with Crippen LogP contribution in [-0.2, 0) is 11.3 Å². The summed E-state index contributed by atoms with van der Waals surface area (Å²) in [7, 11) is 0. The van der Waals surface area contributed by atoms with Crippen LogP contribution in [0.15, 0.2) is 73.0 Å². The first-order valence-electron chi connectivity index (χ1n) is 10.7. The van der Waals surface area contributed by atoms with Crippen molar-refractivity contribution >= 4 is 12.0 Å². The summed E-state index contributed by atoms with van der Waals surface area (Å²) in [5, 5.41) is 17.0. The van der Waals surface area contributed by atoms with Crippen LogP contribution >= 0.6 is 0 Å². The molecule has 0 atom stereocenters. The summed E-state index contributed by atoms with van der Waals surface area (Å²) < 4.78 is 13.4. The van der Waals surface area contributed by atoms with Gasteiger partial charge < -0.3 is 14.8 Å². The Balaban J connectivity index is 1.75. The molecule has 3 aromatic rings. The van der Waals surface area contributed by atoms with E-state index in [1.807, 2.05) is 60.8 Å². The Morgan fingerprint density at radius 2 is 1.97 bits per heavy atom. The number of hydrogen-bond donors (Lipinski definition) is 1. The predicted octanol–water partition coefficient (Wildman–Crippen LogP) is 3.97. The normalized spacial score (nSPS) is 13.0. The van der Waals surface area contributed by atoms with Gasteiger partial charge in [-0.3, -0.25) is 9.48 Å². The summed E-state index contributed by atoms with van der Waals surface area (Å²) in [5.74, 6) is 0.887. The van der Waals surface area contributed by atoms with Crippen molar-refractivity contribution in [3.8, 4) is 28.8 Å². The van der Waals surface area contributed by atoms with Crippen LogP contribution in [0.3, 0.4) is 0 Å². The van der Waals surface area contributed by atoms with Crippen LogP contribution in [0.5, 0.6) is 11.5 Å². The molecule has 7 nitrogen and oxygen atoms in total. The number of carbonyl (C=O) groups excluding carboxylic acids is 1. The molecule has 2 heterocycles. The van der Waals surface area contributed by atoms with Crippen LogP contribution in [0.2, 0.25) is 0 Å². The van der Waals surface area contributed by atoms with Crippen molar-refractivity contribution in [3.05, 3.63) is 84.1 Å². The molecule has 0 spiro atoms.